The molecule has 5 heterocycles. The van der Waals surface area contributed by atoms with Gasteiger partial charge in [0, 0.05) is 43.2 Å². The molecule has 13 heteroatoms. The van der Waals surface area contributed by atoms with Crippen LogP contribution in [-0.4, -0.2) is 63.7 Å². The zero-order valence-corrected chi connectivity index (χ0v) is 21.9. The average molecular weight is 571 g/mol. The van der Waals surface area contributed by atoms with Crippen molar-refractivity contribution >= 4 is 23.8 Å². The maximum Gasteiger partial charge on any atom is 0.340 e. The van der Waals surface area contributed by atoms with Crippen LogP contribution in [0.1, 0.15) is 47.7 Å². The van der Waals surface area contributed by atoms with Gasteiger partial charge in [-0.25, -0.2) is 14.4 Å². The second kappa shape index (κ2) is 12.7. The van der Waals surface area contributed by atoms with E-state index in [0.717, 1.165) is 0 Å². The fourth-order valence-corrected chi connectivity index (χ4v) is 4.22. The van der Waals surface area contributed by atoms with Crippen molar-refractivity contribution in [3.63, 3.8) is 0 Å². The highest BCUT2D eigenvalue weighted by molar-refractivity contribution is 5.92. The minimum atomic E-state index is -1.27. The third kappa shape index (κ3) is 6.42. The number of aromatic nitrogens is 4. The Bertz CT molecular complexity index is 1570. The van der Waals surface area contributed by atoms with E-state index in [-0.39, 0.29) is 28.9 Å². The van der Waals surface area contributed by atoms with E-state index in [1.807, 2.05) is 0 Å². The number of esters is 3. The van der Waals surface area contributed by atoms with E-state index in [2.05, 4.69) is 15.0 Å². The maximum atomic E-state index is 13.2. The normalized spacial score (nSPS) is 19.4. The van der Waals surface area contributed by atoms with Crippen LogP contribution in [0.25, 0.3) is 0 Å². The summed E-state index contributed by atoms with van der Waals surface area (Å²) in [6.45, 7) is -0.383. The zero-order chi connectivity index (χ0) is 29.5. The average Bonchev–Trinajstić information content (AvgIpc) is 3.37. The number of carbonyl (C=O) groups excluding carboxylic acids is 4. The fourth-order valence-electron chi connectivity index (χ4n) is 4.22. The Labute approximate surface area is 238 Å². The molecule has 4 aromatic rings. The Morgan fingerprint density at radius 1 is 0.738 bits per heavy atom. The smallest absolute Gasteiger partial charge is 0.340 e. The van der Waals surface area contributed by atoms with E-state index in [0.29, 0.717) is 0 Å². The first kappa shape index (κ1) is 28.0. The van der Waals surface area contributed by atoms with Crippen molar-refractivity contribution in [1.82, 2.24) is 15.0 Å². The third-order valence-electron chi connectivity index (χ3n) is 6.24. The summed E-state index contributed by atoms with van der Waals surface area (Å²) >= 11 is 0. The summed E-state index contributed by atoms with van der Waals surface area (Å²) in [5.41, 5.74) is 6.08. The molecule has 13 nitrogen and oxygen atoms in total. The van der Waals surface area contributed by atoms with Crippen LogP contribution < -0.4 is 10.3 Å². The summed E-state index contributed by atoms with van der Waals surface area (Å²) in [5, 5.41) is 0. The van der Waals surface area contributed by atoms with Crippen molar-refractivity contribution in [2.24, 2.45) is 5.73 Å². The lowest BCUT2D eigenvalue weighted by Crippen LogP contribution is -2.49. The van der Waals surface area contributed by atoms with Gasteiger partial charge in [-0.05, 0) is 42.5 Å². The summed E-state index contributed by atoms with van der Waals surface area (Å²) < 4.78 is 24.8. The monoisotopic (exact) mass is 570 g/mol. The molecule has 1 fully saturated rings. The summed E-state index contributed by atoms with van der Waals surface area (Å²) in [5.74, 6) is -2.95. The lowest BCUT2D eigenvalue weighted by atomic mass is 10.1. The van der Waals surface area contributed by atoms with Crippen molar-refractivity contribution in [2.45, 2.75) is 24.5 Å². The molecule has 1 saturated heterocycles. The molecule has 0 spiro atoms. The number of pyridine rings is 4. The summed E-state index contributed by atoms with van der Waals surface area (Å²) in [6.07, 6.45) is 6.66. The number of primary amides is 1. The van der Waals surface area contributed by atoms with Crippen molar-refractivity contribution in [3.05, 3.63) is 120 Å². The number of amides is 1. The quantitative estimate of drug-likeness (QED) is 0.175. The predicted molar refractivity (Wildman–Crippen MR) is 140 cm³/mol. The number of carbonyl (C=O) groups is 4. The van der Waals surface area contributed by atoms with Crippen LogP contribution in [0.15, 0.2) is 98.1 Å². The van der Waals surface area contributed by atoms with Crippen molar-refractivity contribution in [1.29, 1.82) is 0 Å². The van der Waals surface area contributed by atoms with Gasteiger partial charge in [-0.1, -0.05) is 0 Å². The van der Waals surface area contributed by atoms with E-state index in [1.54, 1.807) is 30.5 Å². The van der Waals surface area contributed by atoms with Crippen LogP contribution in [0.5, 0.6) is 0 Å². The third-order valence-corrected chi connectivity index (χ3v) is 6.24. The first-order valence-electron chi connectivity index (χ1n) is 12.7. The summed E-state index contributed by atoms with van der Waals surface area (Å²) in [6, 6.07) is 12.3. The molecule has 5 rings (SSSR count). The number of hydrogen-bond acceptors (Lipinski definition) is 11. The lowest BCUT2D eigenvalue weighted by Gasteiger charge is -2.22. The highest BCUT2D eigenvalue weighted by Crippen LogP contribution is 2.32. The van der Waals surface area contributed by atoms with Crippen LogP contribution >= 0.6 is 0 Å². The lowest BCUT2D eigenvalue weighted by molar-refractivity contribution is -0.765. The van der Waals surface area contributed by atoms with E-state index < -0.39 is 48.4 Å². The van der Waals surface area contributed by atoms with Gasteiger partial charge in [-0.15, -0.1) is 0 Å². The first-order chi connectivity index (χ1) is 20.4. The van der Waals surface area contributed by atoms with Crippen molar-refractivity contribution in [3.8, 4) is 0 Å². The Balaban J connectivity index is 1.49. The number of hydrogen-bond donors (Lipinski definition) is 1. The Morgan fingerprint density at radius 2 is 1.26 bits per heavy atom. The Hall–Kier alpha value is -5.56. The molecular weight excluding hydrogens is 546 g/mol. The number of rotatable bonds is 9. The molecular formula is C29H24N5O8+. The molecule has 4 atom stereocenters. The topological polar surface area (TPSA) is 174 Å². The van der Waals surface area contributed by atoms with Gasteiger partial charge in [-0.2, -0.15) is 4.57 Å². The fraction of sp³-hybridized carbons (Fsp3) is 0.172. The van der Waals surface area contributed by atoms with Gasteiger partial charge in [-0.3, -0.25) is 19.7 Å². The maximum absolute atomic E-state index is 13.2. The highest BCUT2D eigenvalue weighted by atomic mass is 16.7. The number of nitrogens with zero attached hydrogens (tertiary/aromatic N) is 4. The number of ether oxygens (including phenoxy) is 4. The van der Waals surface area contributed by atoms with Crippen molar-refractivity contribution < 1.29 is 42.7 Å². The Morgan fingerprint density at radius 3 is 1.79 bits per heavy atom. The second-order valence-corrected chi connectivity index (χ2v) is 9.03. The van der Waals surface area contributed by atoms with Crippen LogP contribution in [0.2, 0.25) is 0 Å². The largest absolute Gasteiger partial charge is 0.459 e. The SMILES string of the molecule is NC(=O)c1ccc[n+]([C@@H]2O[C@H](COC(=O)c3cccnc3)[C@@H](OC(=O)c3cccnc3)[C@H]2OC(=O)c2cccnc2)c1. The molecule has 0 unspecified atom stereocenters. The summed E-state index contributed by atoms with van der Waals surface area (Å²) in [7, 11) is 0. The highest BCUT2D eigenvalue weighted by Gasteiger charge is 2.55. The van der Waals surface area contributed by atoms with E-state index >= 15 is 0 Å². The van der Waals surface area contributed by atoms with Gasteiger partial charge in [0.15, 0.2) is 18.5 Å². The standard InChI is InChI=1S/C29H23N5O8/c30-25(35)21-8-4-12-34(16-21)26-24(42-29(38)20-7-3-11-33-15-20)23(41-28(37)19-6-2-10-32-14-19)22(40-26)17-39-27(36)18-5-1-9-31-13-18/h1-16,22-24,26H,17H2,(H-,30,35)/p+1/t22-,23-,24-,26-/m1/s1. The van der Waals surface area contributed by atoms with E-state index in [9.17, 15) is 19.2 Å². The van der Waals surface area contributed by atoms with Gasteiger partial charge < -0.3 is 24.7 Å². The van der Waals surface area contributed by atoms with E-state index in [1.165, 1.54) is 72.2 Å². The van der Waals surface area contributed by atoms with Crippen LogP contribution in [0.3, 0.4) is 0 Å². The molecule has 0 aromatic carbocycles. The molecule has 2 N–H and O–H groups in total. The minimum absolute atomic E-state index is 0.132. The molecule has 212 valence electrons. The van der Waals surface area contributed by atoms with Gasteiger partial charge in [0.05, 0.1) is 16.7 Å². The predicted octanol–water partition coefficient (Wildman–Crippen LogP) is 1.46. The summed E-state index contributed by atoms with van der Waals surface area (Å²) in [4.78, 5) is 62.7. The van der Waals surface area contributed by atoms with Crippen LogP contribution in [0, 0.1) is 0 Å². The van der Waals surface area contributed by atoms with Crippen molar-refractivity contribution in [2.75, 3.05) is 6.61 Å². The van der Waals surface area contributed by atoms with Gasteiger partial charge in [0.1, 0.15) is 18.3 Å². The Kier molecular flexibility index (Phi) is 8.49. The van der Waals surface area contributed by atoms with Crippen LogP contribution in [0.4, 0.5) is 0 Å². The van der Waals surface area contributed by atoms with E-state index in [4.69, 9.17) is 24.7 Å². The van der Waals surface area contributed by atoms with Gasteiger partial charge in [0.25, 0.3) is 5.91 Å². The minimum Gasteiger partial charge on any atom is -0.459 e. The molecule has 42 heavy (non-hydrogen) atoms. The van der Waals surface area contributed by atoms with Crippen LogP contribution in [-0.2, 0) is 18.9 Å². The van der Waals surface area contributed by atoms with Gasteiger partial charge >= 0.3 is 24.1 Å². The second-order valence-electron chi connectivity index (χ2n) is 9.03. The molecule has 1 amide bonds. The molecule has 0 aliphatic carbocycles. The first-order valence-corrected chi connectivity index (χ1v) is 12.7. The number of nitrogens with two attached hydrogens (primary N) is 1. The zero-order valence-electron chi connectivity index (χ0n) is 21.9. The molecule has 0 radical (unpaired) electrons. The molecule has 1 aliphatic heterocycles. The molecule has 4 aromatic heterocycles. The van der Waals surface area contributed by atoms with Gasteiger partial charge in [0.2, 0.25) is 6.10 Å². The molecule has 0 saturated carbocycles. The molecule has 1 aliphatic rings. The molecule has 0 bridgehead atoms.